The maximum absolute atomic E-state index is 13.7. The van der Waals surface area contributed by atoms with E-state index < -0.39 is 41.2 Å². The number of hydrogen-bond acceptors (Lipinski definition) is 2. The number of Topliss-reactive ketones (excluding diaryl/α,β-unsaturated/α-hetero) is 1. The van der Waals surface area contributed by atoms with Crippen molar-refractivity contribution in [2.24, 2.45) is 5.92 Å². The lowest BCUT2D eigenvalue weighted by atomic mass is 9.49. The highest BCUT2D eigenvalue weighted by Gasteiger charge is 2.86. The van der Waals surface area contributed by atoms with Crippen LogP contribution in [0.15, 0.2) is 0 Å². The molecule has 2 aliphatic heterocycles. The molecule has 1 N–H and O–H groups in total. The van der Waals surface area contributed by atoms with E-state index in [1.54, 1.807) is 5.32 Å². The third-order valence-electron chi connectivity index (χ3n) is 3.57. The summed E-state index contributed by atoms with van der Waals surface area (Å²) in [6, 6.07) is 0. The fraction of sp³-hybridized carbons (Fsp3) is 0.750. The van der Waals surface area contributed by atoms with Gasteiger partial charge in [0.25, 0.3) is 5.91 Å². The average molecular weight is 205 g/mol. The van der Waals surface area contributed by atoms with E-state index in [1.807, 2.05) is 0 Å². The molecular formula is C8H6F3NO2. The summed E-state index contributed by atoms with van der Waals surface area (Å²) in [5, 5.41) is 1.63. The van der Waals surface area contributed by atoms with Crippen molar-refractivity contribution in [1.82, 2.24) is 5.32 Å². The molecule has 0 spiro atoms. The predicted octanol–water partition coefficient (Wildman–Crippen LogP) is 0.191. The van der Waals surface area contributed by atoms with Crippen molar-refractivity contribution in [2.45, 2.75) is 30.0 Å². The Balaban J connectivity index is 2.20. The predicted molar refractivity (Wildman–Crippen MR) is 37.4 cm³/mol. The van der Waals surface area contributed by atoms with E-state index in [1.165, 1.54) is 0 Å². The molecule has 0 aromatic rings. The SMILES string of the molecule is O=C1NC2(F)C3CC1(F)C(=O)C2(F)C3. The van der Waals surface area contributed by atoms with Gasteiger partial charge in [-0.25, -0.2) is 13.2 Å². The van der Waals surface area contributed by atoms with Crippen molar-refractivity contribution in [1.29, 1.82) is 0 Å². The van der Waals surface area contributed by atoms with Gasteiger partial charge < -0.3 is 5.32 Å². The third kappa shape index (κ3) is 0.489. The van der Waals surface area contributed by atoms with Gasteiger partial charge in [-0.2, -0.15) is 0 Å². The lowest BCUT2D eigenvalue weighted by Gasteiger charge is -2.63. The van der Waals surface area contributed by atoms with Gasteiger partial charge in [-0.05, 0) is 0 Å². The normalized spacial score (nSPS) is 59.5. The number of piperidine rings is 2. The molecule has 4 bridgehead atoms. The summed E-state index contributed by atoms with van der Waals surface area (Å²) >= 11 is 0. The Morgan fingerprint density at radius 2 is 1.86 bits per heavy atom. The van der Waals surface area contributed by atoms with E-state index in [2.05, 4.69) is 0 Å². The molecule has 5 rings (SSSR count). The van der Waals surface area contributed by atoms with Crippen LogP contribution in [0, 0.1) is 5.92 Å². The number of alkyl halides is 3. The van der Waals surface area contributed by atoms with Crippen LogP contribution in [-0.4, -0.2) is 28.8 Å². The maximum Gasteiger partial charge on any atom is 0.268 e. The highest BCUT2D eigenvalue weighted by Crippen LogP contribution is 2.64. The summed E-state index contributed by atoms with van der Waals surface area (Å²) in [4.78, 5) is 22.2. The van der Waals surface area contributed by atoms with E-state index in [4.69, 9.17) is 0 Å². The molecule has 3 aliphatic carbocycles. The molecule has 2 heterocycles. The Bertz CT molecular complexity index is 387. The highest BCUT2D eigenvalue weighted by molar-refractivity contribution is 6.18. The van der Waals surface area contributed by atoms with Crippen molar-refractivity contribution >= 4 is 11.7 Å². The molecule has 5 fully saturated rings. The molecule has 76 valence electrons. The molecular weight excluding hydrogens is 199 g/mol. The van der Waals surface area contributed by atoms with Crippen molar-refractivity contribution < 1.29 is 22.8 Å². The summed E-state index contributed by atoms with van der Waals surface area (Å²) < 4.78 is 41.0. The van der Waals surface area contributed by atoms with Gasteiger partial charge in [-0.15, -0.1) is 0 Å². The van der Waals surface area contributed by atoms with Crippen molar-refractivity contribution in [3.63, 3.8) is 0 Å². The topological polar surface area (TPSA) is 46.2 Å². The summed E-state index contributed by atoms with van der Waals surface area (Å²) in [5.41, 5.74) is -5.68. The molecule has 4 atom stereocenters. The second kappa shape index (κ2) is 1.70. The quantitative estimate of drug-likeness (QED) is 0.453. The Hall–Kier alpha value is -1.07. The van der Waals surface area contributed by atoms with E-state index >= 15 is 0 Å². The lowest BCUT2D eigenvalue weighted by molar-refractivity contribution is -0.254. The first-order valence-corrected chi connectivity index (χ1v) is 4.29. The van der Waals surface area contributed by atoms with Crippen molar-refractivity contribution in [3.8, 4) is 0 Å². The van der Waals surface area contributed by atoms with Gasteiger partial charge in [0.15, 0.2) is 0 Å². The number of carbonyl (C=O) groups excluding carboxylic acids is 2. The minimum absolute atomic E-state index is 0.325. The fourth-order valence-corrected chi connectivity index (χ4v) is 2.70. The number of halogens is 3. The third-order valence-corrected chi connectivity index (χ3v) is 3.57. The van der Waals surface area contributed by atoms with Crippen LogP contribution < -0.4 is 5.32 Å². The number of hydrogen-bond donors (Lipinski definition) is 1. The number of carbonyl (C=O) groups is 2. The minimum Gasteiger partial charge on any atom is -0.318 e. The summed E-state index contributed by atoms with van der Waals surface area (Å²) in [5.74, 6) is -6.45. The highest BCUT2D eigenvalue weighted by atomic mass is 19.2. The standard InChI is InChI=1S/C8H6F3NO2/c9-6-1-3-2-7(10,4(6)13)8(3,11)12-5(6)14/h3H,1-2H2,(H,12,14). The average Bonchev–Trinajstić information content (AvgIpc) is 2.10. The second-order valence-corrected chi connectivity index (χ2v) is 4.20. The van der Waals surface area contributed by atoms with Crippen LogP contribution in [0.1, 0.15) is 12.8 Å². The van der Waals surface area contributed by atoms with Crippen molar-refractivity contribution in [3.05, 3.63) is 0 Å². The first-order chi connectivity index (χ1) is 6.34. The van der Waals surface area contributed by atoms with Gasteiger partial charge in [0.1, 0.15) is 0 Å². The van der Waals surface area contributed by atoms with Crippen molar-refractivity contribution in [2.75, 3.05) is 0 Å². The summed E-state index contributed by atoms with van der Waals surface area (Å²) in [7, 11) is 0. The molecule has 3 nitrogen and oxygen atoms in total. The number of rotatable bonds is 0. The van der Waals surface area contributed by atoms with Gasteiger partial charge in [0.05, 0.1) is 0 Å². The Labute approximate surface area is 76.6 Å². The molecule has 5 aliphatic rings. The number of amides is 1. The number of nitrogens with one attached hydrogen (secondary N) is 1. The van der Waals surface area contributed by atoms with Gasteiger partial charge in [0.2, 0.25) is 22.9 Å². The zero-order valence-corrected chi connectivity index (χ0v) is 6.94. The van der Waals surface area contributed by atoms with Crippen LogP contribution in [0.4, 0.5) is 13.2 Å². The number of fused-ring (bicyclic) bond motifs is 1. The molecule has 0 aromatic heterocycles. The molecule has 1 amide bonds. The van der Waals surface area contributed by atoms with Gasteiger partial charge >= 0.3 is 0 Å². The van der Waals surface area contributed by atoms with Crippen LogP contribution in [0.5, 0.6) is 0 Å². The summed E-state index contributed by atoms with van der Waals surface area (Å²) in [6.45, 7) is 0. The zero-order valence-electron chi connectivity index (χ0n) is 6.94. The molecule has 3 saturated carbocycles. The molecule has 0 radical (unpaired) electrons. The molecule has 6 heteroatoms. The summed E-state index contributed by atoms with van der Waals surface area (Å²) in [6.07, 6.45) is -0.853. The lowest BCUT2D eigenvalue weighted by Crippen LogP contribution is -2.89. The van der Waals surface area contributed by atoms with Crippen LogP contribution in [0.3, 0.4) is 0 Å². The Morgan fingerprint density at radius 1 is 1.21 bits per heavy atom. The molecule has 4 unspecified atom stereocenters. The first kappa shape index (κ1) is 8.26. The molecule has 0 aromatic carbocycles. The monoisotopic (exact) mass is 205 g/mol. The van der Waals surface area contributed by atoms with Gasteiger partial charge in [-0.1, -0.05) is 0 Å². The van der Waals surface area contributed by atoms with Gasteiger partial charge in [0, 0.05) is 18.8 Å². The van der Waals surface area contributed by atoms with Gasteiger partial charge in [-0.3, -0.25) is 9.59 Å². The fourth-order valence-electron chi connectivity index (χ4n) is 2.70. The smallest absolute Gasteiger partial charge is 0.268 e. The largest absolute Gasteiger partial charge is 0.318 e. The van der Waals surface area contributed by atoms with E-state index in [-0.39, 0.29) is 6.42 Å². The Morgan fingerprint density at radius 3 is 2.50 bits per heavy atom. The second-order valence-electron chi connectivity index (χ2n) is 4.20. The van der Waals surface area contributed by atoms with E-state index in [9.17, 15) is 22.8 Å². The van der Waals surface area contributed by atoms with E-state index in [0.29, 0.717) is 0 Å². The van der Waals surface area contributed by atoms with Crippen LogP contribution >= 0.6 is 0 Å². The zero-order chi connectivity index (χ0) is 10.4. The van der Waals surface area contributed by atoms with Crippen LogP contribution in [-0.2, 0) is 9.59 Å². The first-order valence-electron chi connectivity index (χ1n) is 4.29. The Kier molecular flexibility index (Phi) is 1.00. The molecule has 14 heavy (non-hydrogen) atoms. The maximum atomic E-state index is 13.7. The van der Waals surface area contributed by atoms with Crippen LogP contribution in [0.2, 0.25) is 0 Å². The number of ketones is 1. The van der Waals surface area contributed by atoms with Crippen LogP contribution in [0.25, 0.3) is 0 Å². The molecule has 2 saturated heterocycles. The minimum atomic E-state index is -2.84. The van der Waals surface area contributed by atoms with E-state index in [0.717, 1.165) is 0 Å².